The van der Waals surface area contributed by atoms with E-state index >= 15 is 0 Å². The predicted molar refractivity (Wildman–Crippen MR) is 89.7 cm³/mol. The lowest BCUT2D eigenvalue weighted by atomic mass is 10.2. The zero-order valence-corrected chi connectivity index (χ0v) is 14.7. The fraction of sp³-hybridized carbons (Fsp3) is 0.500. The fourth-order valence-corrected chi connectivity index (χ4v) is 2.76. The topological polar surface area (TPSA) is 118 Å². The van der Waals surface area contributed by atoms with E-state index in [4.69, 9.17) is 16.2 Å². The van der Waals surface area contributed by atoms with Gasteiger partial charge in [-0.25, -0.2) is 4.98 Å². The second-order valence-corrected chi connectivity index (χ2v) is 12.3. The van der Waals surface area contributed by atoms with Crippen LogP contribution in [0.5, 0.6) is 0 Å². The van der Waals surface area contributed by atoms with E-state index < -0.39 is 20.0 Å². The molecule has 23 heavy (non-hydrogen) atoms. The SMILES string of the molecule is C[Si](C)(C)CCOCn1ccn2c(=O)cc(C(N)C(N)=O)nc12. The largest absolute Gasteiger partial charge is 0.368 e. The molecule has 2 heterocycles. The monoisotopic (exact) mass is 337 g/mol. The summed E-state index contributed by atoms with van der Waals surface area (Å²) in [6, 6.07) is 1.17. The highest BCUT2D eigenvalue weighted by Gasteiger charge is 2.17. The van der Waals surface area contributed by atoms with Crippen LogP contribution in [0, 0.1) is 0 Å². The van der Waals surface area contributed by atoms with Crippen molar-refractivity contribution in [1.82, 2.24) is 14.0 Å². The van der Waals surface area contributed by atoms with Gasteiger partial charge in [0, 0.05) is 33.1 Å². The van der Waals surface area contributed by atoms with Crippen molar-refractivity contribution < 1.29 is 9.53 Å². The average Bonchev–Trinajstić information content (AvgIpc) is 2.85. The van der Waals surface area contributed by atoms with Gasteiger partial charge in [0.2, 0.25) is 11.7 Å². The van der Waals surface area contributed by atoms with Crippen LogP contribution < -0.4 is 17.0 Å². The first kappa shape index (κ1) is 17.4. The van der Waals surface area contributed by atoms with Gasteiger partial charge >= 0.3 is 0 Å². The highest BCUT2D eigenvalue weighted by molar-refractivity contribution is 6.76. The molecule has 126 valence electrons. The fourth-order valence-electron chi connectivity index (χ4n) is 2.00. The predicted octanol–water partition coefficient (Wildman–Crippen LogP) is 0.293. The van der Waals surface area contributed by atoms with Gasteiger partial charge in [-0.2, -0.15) is 0 Å². The molecule has 0 saturated carbocycles. The van der Waals surface area contributed by atoms with E-state index in [0.29, 0.717) is 12.4 Å². The van der Waals surface area contributed by atoms with Gasteiger partial charge in [-0.05, 0) is 6.04 Å². The third kappa shape index (κ3) is 4.27. The summed E-state index contributed by atoms with van der Waals surface area (Å²) in [4.78, 5) is 27.5. The van der Waals surface area contributed by atoms with Gasteiger partial charge in [0.05, 0.1) is 5.69 Å². The zero-order valence-electron chi connectivity index (χ0n) is 13.7. The van der Waals surface area contributed by atoms with Crippen LogP contribution in [0.2, 0.25) is 25.7 Å². The third-order valence-electron chi connectivity index (χ3n) is 3.46. The summed E-state index contributed by atoms with van der Waals surface area (Å²) in [5.41, 5.74) is 10.7. The van der Waals surface area contributed by atoms with Crippen LogP contribution in [0.3, 0.4) is 0 Å². The van der Waals surface area contributed by atoms with E-state index in [-0.39, 0.29) is 18.0 Å². The lowest BCUT2D eigenvalue weighted by Gasteiger charge is -2.15. The summed E-state index contributed by atoms with van der Waals surface area (Å²) in [6.45, 7) is 7.77. The lowest BCUT2D eigenvalue weighted by molar-refractivity contribution is -0.119. The van der Waals surface area contributed by atoms with E-state index in [1.54, 1.807) is 17.0 Å². The molecule has 4 N–H and O–H groups in total. The van der Waals surface area contributed by atoms with Gasteiger partial charge in [0.15, 0.2) is 0 Å². The molecule has 0 aliphatic heterocycles. The van der Waals surface area contributed by atoms with E-state index in [1.165, 1.54) is 10.5 Å². The molecule has 9 heteroatoms. The Balaban J connectivity index is 2.21. The Kier molecular flexibility index (Phi) is 5.02. The summed E-state index contributed by atoms with van der Waals surface area (Å²) in [5.74, 6) is -0.358. The van der Waals surface area contributed by atoms with Gasteiger partial charge in [0.1, 0.15) is 12.8 Å². The number of imidazole rings is 1. The molecule has 0 fully saturated rings. The van der Waals surface area contributed by atoms with Crippen LogP contribution in [0.25, 0.3) is 5.78 Å². The summed E-state index contributed by atoms with van der Waals surface area (Å²) in [7, 11) is -1.15. The molecule has 0 aliphatic carbocycles. The molecule has 0 radical (unpaired) electrons. The number of ether oxygens (including phenoxy) is 1. The Bertz CT molecular complexity index is 762. The Morgan fingerprint density at radius 2 is 2.09 bits per heavy atom. The number of primary amides is 1. The Morgan fingerprint density at radius 1 is 1.39 bits per heavy atom. The van der Waals surface area contributed by atoms with Gasteiger partial charge < -0.3 is 16.2 Å². The number of nitrogens with zero attached hydrogens (tertiary/aromatic N) is 3. The maximum Gasteiger partial charge on any atom is 0.259 e. The Hall–Kier alpha value is -1.97. The molecule has 0 spiro atoms. The lowest BCUT2D eigenvalue weighted by Crippen LogP contribution is -2.31. The van der Waals surface area contributed by atoms with Crippen molar-refractivity contribution >= 4 is 19.8 Å². The number of aromatic nitrogens is 3. The summed E-state index contributed by atoms with van der Waals surface area (Å²) < 4.78 is 8.74. The zero-order chi connectivity index (χ0) is 17.2. The first-order valence-electron chi connectivity index (χ1n) is 7.40. The van der Waals surface area contributed by atoms with Crippen molar-refractivity contribution in [2.24, 2.45) is 11.5 Å². The molecule has 2 aromatic heterocycles. The van der Waals surface area contributed by atoms with Gasteiger partial charge in [-0.15, -0.1) is 0 Å². The van der Waals surface area contributed by atoms with E-state index in [1.807, 2.05) is 0 Å². The maximum atomic E-state index is 12.1. The number of carbonyl (C=O) groups is 1. The first-order chi connectivity index (χ1) is 10.7. The molecule has 2 aromatic rings. The second-order valence-electron chi connectivity index (χ2n) is 6.69. The van der Waals surface area contributed by atoms with Crippen molar-refractivity contribution in [3.05, 3.63) is 34.5 Å². The molecule has 1 amide bonds. The van der Waals surface area contributed by atoms with Crippen LogP contribution in [0.15, 0.2) is 23.3 Å². The molecule has 0 saturated heterocycles. The molecular weight excluding hydrogens is 314 g/mol. The van der Waals surface area contributed by atoms with E-state index in [2.05, 4.69) is 24.6 Å². The number of amides is 1. The molecule has 1 atom stereocenters. The highest BCUT2D eigenvalue weighted by Crippen LogP contribution is 2.10. The smallest absolute Gasteiger partial charge is 0.259 e. The molecule has 0 bridgehead atoms. The normalized spacial score (nSPS) is 13.4. The highest BCUT2D eigenvalue weighted by atomic mass is 28.3. The van der Waals surface area contributed by atoms with Gasteiger partial charge in [-0.3, -0.25) is 18.6 Å². The Morgan fingerprint density at radius 3 is 2.70 bits per heavy atom. The van der Waals surface area contributed by atoms with E-state index in [9.17, 15) is 9.59 Å². The first-order valence-corrected chi connectivity index (χ1v) is 11.1. The van der Waals surface area contributed by atoms with Crippen LogP contribution in [-0.4, -0.2) is 34.5 Å². The van der Waals surface area contributed by atoms with Crippen molar-refractivity contribution in [1.29, 1.82) is 0 Å². The number of fused-ring (bicyclic) bond motifs is 1. The molecule has 1 unspecified atom stereocenters. The van der Waals surface area contributed by atoms with Crippen LogP contribution in [-0.2, 0) is 16.3 Å². The summed E-state index contributed by atoms with van der Waals surface area (Å²) in [5, 5.41) is 0. The van der Waals surface area contributed by atoms with Gasteiger partial charge in [-0.1, -0.05) is 19.6 Å². The van der Waals surface area contributed by atoms with Crippen molar-refractivity contribution in [3.63, 3.8) is 0 Å². The van der Waals surface area contributed by atoms with Crippen LogP contribution in [0.4, 0.5) is 0 Å². The average molecular weight is 337 g/mol. The number of hydrogen-bond acceptors (Lipinski definition) is 5. The molecule has 8 nitrogen and oxygen atoms in total. The molecule has 0 aromatic carbocycles. The van der Waals surface area contributed by atoms with Crippen LogP contribution in [0.1, 0.15) is 11.7 Å². The Labute approximate surface area is 135 Å². The minimum atomic E-state index is -1.15. The van der Waals surface area contributed by atoms with Crippen molar-refractivity contribution in [2.75, 3.05) is 6.61 Å². The quantitative estimate of drug-likeness (QED) is 0.556. The third-order valence-corrected chi connectivity index (χ3v) is 5.16. The number of carbonyl (C=O) groups excluding carboxylic acids is 1. The number of nitrogens with two attached hydrogens (primary N) is 2. The van der Waals surface area contributed by atoms with Gasteiger partial charge in [0.25, 0.3) is 5.56 Å². The van der Waals surface area contributed by atoms with Crippen molar-refractivity contribution in [3.8, 4) is 0 Å². The standard InChI is InChI=1S/C14H23N5O3Si/c1-23(2,3)7-6-22-9-18-4-5-19-11(20)8-10(17-14(18)19)12(15)13(16)21/h4-5,8,12H,6-7,9,15H2,1-3H3,(H2,16,21). The van der Waals surface area contributed by atoms with E-state index in [0.717, 1.165) is 6.04 Å². The molecule has 2 rings (SSSR count). The number of hydrogen-bond donors (Lipinski definition) is 2. The minimum absolute atomic E-state index is 0.157. The second kappa shape index (κ2) is 6.65. The molecular formula is C14H23N5O3Si. The maximum absolute atomic E-state index is 12.1. The van der Waals surface area contributed by atoms with Crippen molar-refractivity contribution in [2.45, 2.75) is 38.5 Å². The summed E-state index contributed by atoms with van der Waals surface area (Å²) >= 11 is 0. The van der Waals surface area contributed by atoms with Crippen LogP contribution >= 0.6 is 0 Å². The summed E-state index contributed by atoms with van der Waals surface area (Å²) in [6.07, 6.45) is 3.31. The minimum Gasteiger partial charge on any atom is -0.368 e. The number of rotatable bonds is 7. The molecule has 0 aliphatic rings.